The molecule has 0 saturated carbocycles. The summed E-state index contributed by atoms with van der Waals surface area (Å²) in [6.07, 6.45) is 0.905. The zero-order valence-corrected chi connectivity index (χ0v) is 14.1. The highest BCUT2D eigenvalue weighted by Crippen LogP contribution is 2.14. The minimum absolute atomic E-state index is 0. The minimum atomic E-state index is -0.412. The summed E-state index contributed by atoms with van der Waals surface area (Å²) in [5.41, 5.74) is 0.346. The molecule has 0 spiro atoms. The van der Waals surface area contributed by atoms with E-state index in [1.54, 1.807) is 6.07 Å². The average Bonchev–Trinajstić information content (AvgIpc) is 2.43. The van der Waals surface area contributed by atoms with Crippen LogP contribution in [0, 0.1) is 5.82 Å². The van der Waals surface area contributed by atoms with E-state index in [-0.39, 0.29) is 18.3 Å². The Bertz CT molecular complexity index is 449. The Kier molecular flexibility index (Phi) is 8.18. The lowest BCUT2D eigenvalue weighted by Crippen LogP contribution is -2.44. The largest absolute Gasteiger partial charge is 0.352 e. The van der Waals surface area contributed by atoms with E-state index < -0.39 is 5.82 Å². The van der Waals surface area contributed by atoms with Gasteiger partial charge in [0.25, 0.3) is 5.91 Å². The lowest BCUT2D eigenvalue weighted by molar-refractivity contribution is 0.0950. The maximum Gasteiger partial charge on any atom is 0.251 e. The summed E-state index contributed by atoms with van der Waals surface area (Å²) in [5.74, 6) is -0.643. The molecule has 2 rings (SSSR count). The number of halogens is 3. The van der Waals surface area contributed by atoms with Crippen molar-refractivity contribution in [2.24, 2.45) is 0 Å². The van der Waals surface area contributed by atoms with Crippen molar-refractivity contribution < 1.29 is 9.18 Å². The van der Waals surface area contributed by atoms with Crippen molar-refractivity contribution in [3.8, 4) is 0 Å². The molecule has 0 aliphatic carbocycles. The van der Waals surface area contributed by atoms with Gasteiger partial charge in [-0.25, -0.2) is 4.39 Å². The van der Waals surface area contributed by atoms with Crippen molar-refractivity contribution in [3.63, 3.8) is 0 Å². The molecule has 2 N–H and O–H groups in total. The van der Waals surface area contributed by atoms with Crippen molar-refractivity contribution in [1.29, 1.82) is 0 Å². The molecule has 1 aliphatic heterocycles. The Balaban J connectivity index is 0.00000220. The first-order chi connectivity index (χ1) is 9.65. The Morgan fingerprint density at radius 2 is 2.05 bits per heavy atom. The molecule has 1 aromatic carbocycles. The molecule has 0 atom stereocenters. The lowest BCUT2D eigenvalue weighted by Gasteiger charge is -2.27. The van der Waals surface area contributed by atoms with Crippen molar-refractivity contribution >= 4 is 34.2 Å². The second kappa shape index (κ2) is 9.35. The molecule has 1 aromatic rings. The molecule has 1 fully saturated rings. The first kappa shape index (κ1) is 18.4. The third-order valence-corrected chi connectivity index (χ3v) is 3.73. The summed E-state index contributed by atoms with van der Waals surface area (Å²) >= 11 is 3.18. The maximum atomic E-state index is 13.2. The van der Waals surface area contributed by atoms with Crippen LogP contribution in [0.2, 0.25) is 0 Å². The molecule has 4 nitrogen and oxygen atoms in total. The second-order valence-electron chi connectivity index (χ2n) is 4.86. The van der Waals surface area contributed by atoms with Crippen LogP contribution in [-0.4, -0.2) is 50.1 Å². The van der Waals surface area contributed by atoms with Crippen LogP contribution in [0.5, 0.6) is 0 Å². The van der Waals surface area contributed by atoms with Gasteiger partial charge < -0.3 is 15.5 Å². The van der Waals surface area contributed by atoms with Crippen LogP contribution in [0.3, 0.4) is 0 Å². The Hall–Kier alpha value is -0.690. The lowest BCUT2D eigenvalue weighted by atomic mass is 10.2. The van der Waals surface area contributed by atoms with Gasteiger partial charge in [0.1, 0.15) is 5.82 Å². The fraction of sp³-hybridized carbons (Fsp3) is 0.500. The number of hydrogen-bond donors (Lipinski definition) is 2. The van der Waals surface area contributed by atoms with E-state index in [2.05, 4.69) is 31.5 Å². The molecule has 1 heterocycles. The highest BCUT2D eigenvalue weighted by molar-refractivity contribution is 9.10. The molecule has 0 bridgehead atoms. The molecule has 118 valence electrons. The van der Waals surface area contributed by atoms with Crippen LogP contribution in [0.4, 0.5) is 4.39 Å². The Morgan fingerprint density at radius 1 is 1.33 bits per heavy atom. The van der Waals surface area contributed by atoms with Crippen LogP contribution < -0.4 is 10.6 Å². The molecular formula is C14H20BrClFN3O. The molecule has 1 aliphatic rings. The van der Waals surface area contributed by atoms with E-state index in [1.807, 2.05) is 0 Å². The monoisotopic (exact) mass is 379 g/mol. The molecule has 1 saturated heterocycles. The zero-order valence-electron chi connectivity index (χ0n) is 11.7. The van der Waals surface area contributed by atoms with Crippen LogP contribution in [-0.2, 0) is 0 Å². The number of carbonyl (C=O) groups excluding carboxylic acids is 1. The number of carbonyl (C=O) groups is 1. The highest BCUT2D eigenvalue weighted by atomic mass is 79.9. The molecule has 0 aromatic heterocycles. The predicted molar refractivity (Wildman–Crippen MR) is 87.6 cm³/mol. The normalized spacial score (nSPS) is 15.3. The van der Waals surface area contributed by atoms with Crippen LogP contribution in [0.1, 0.15) is 16.8 Å². The summed E-state index contributed by atoms with van der Waals surface area (Å²) in [5, 5.41) is 6.13. The van der Waals surface area contributed by atoms with E-state index in [0.717, 1.165) is 39.1 Å². The number of nitrogens with zero attached hydrogens (tertiary/aromatic N) is 1. The quantitative estimate of drug-likeness (QED) is 0.768. The maximum absolute atomic E-state index is 13.2. The predicted octanol–water partition coefficient (Wildman–Crippen LogP) is 2.04. The van der Waals surface area contributed by atoms with E-state index in [1.165, 1.54) is 12.1 Å². The average molecular weight is 381 g/mol. The number of hydrogen-bond acceptors (Lipinski definition) is 3. The zero-order chi connectivity index (χ0) is 14.4. The van der Waals surface area contributed by atoms with Gasteiger partial charge in [0.05, 0.1) is 0 Å². The van der Waals surface area contributed by atoms with Crippen LogP contribution >= 0.6 is 28.3 Å². The van der Waals surface area contributed by atoms with Gasteiger partial charge in [0.2, 0.25) is 0 Å². The summed E-state index contributed by atoms with van der Waals surface area (Å²) < 4.78 is 13.8. The molecule has 7 heteroatoms. The molecule has 1 amide bonds. The van der Waals surface area contributed by atoms with E-state index in [9.17, 15) is 9.18 Å². The van der Waals surface area contributed by atoms with Crippen molar-refractivity contribution in [2.45, 2.75) is 6.42 Å². The molecule has 21 heavy (non-hydrogen) atoms. The van der Waals surface area contributed by atoms with Gasteiger partial charge in [-0.3, -0.25) is 4.79 Å². The summed E-state index contributed by atoms with van der Waals surface area (Å²) in [6, 6.07) is 4.20. The van der Waals surface area contributed by atoms with Gasteiger partial charge in [0.15, 0.2) is 0 Å². The number of piperazine rings is 1. The van der Waals surface area contributed by atoms with Crippen molar-refractivity contribution in [2.75, 3.05) is 39.3 Å². The summed E-state index contributed by atoms with van der Waals surface area (Å²) in [4.78, 5) is 14.3. The topological polar surface area (TPSA) is 44.4 Å². The third kappa shape index (κ3) is 6.30. The van der Waals surface area contributed by atoms with Gasteiger partial charge in [0, 0.05) is 42.8 Å². The van der Waals surface area contributed by atoms with E-state index in [4.69, 9.17) is 0 Å². The summed E-state index contributed by atoms with van der Waals surface area (Å²) in [7, 11) is 0. The Labute approximate surface area is 139 Å². The smallest absolute Gasteiger partial charge is 0.251 e. The molecule has 0 radical (unpaired) electrons. The van der Waals surface area contributed by atoms with Crippen LogP contribution in [0.15, 0.2) is 22.7 Å². The third-order valence-electron chi connectivity index (χ3n) is 3.27. The molecule has 0 unspecified atom stereocenters. The number of benzene rings is 1. The van der Waals surface area contributed by atoms with Gasteiger partial charge in [-0.05, 0) is 31.2 Å². The van der Waals surface area contributed by atoms with Crippen molar-refractivity contribution in [3.05, 3.63) is 34.1 Å². The second-order valence-corrected chi connectivity index (χ2v) is 5.77. The minimum Gasteiger partial charge on any atom is -0.352 e. The number of amides is 1. The first-order valence-electron chi connectivity index (χ1n) is 6.82. The number of nitrogens with one attached hydrogen (secondary N) is 2. The van der Waals surface area contributed by atoms with Gasteiger partial charge >= 0.3 is 0 Å². The van der Waals surface area contributed by atoms with Gasteiger partial charge in [-0.2, -0.15) is 0 Å². The standard InChI is InChI=1S/C14H19BrFN3O.ClH/c15-12-8-11(9-13(16)10-12)14(20)18-2-1-5-19-6-3-17-4-7-19;/h8-10,17H,1-7H2,(H,18,20);1H. The summed E-state index contributed by atoms with van der Waals surface area (Å²) in [6.45, 7) is 5.77. The highest BCUT2D eigenvalue weighted by Gasteiger charge is 2.10. The fourth-order valence-electron chi connectivity index (χ4n) is 2.23. The SMILES string of the molecule is Cl.O=C(NCCCN1CCNCC1)c1cc(F)cc(Br)c1. The fourth-order valence-corrected chi connectivity index (χ4v) is 2.69. The number of rotatable bonds is 5. The molecular weight excluding hydrogens is 361 g/mol. The van der Waals surface area contributed by atoms with Gasteiger partial charge in [-0.15, -0.1) is 12.4 Å². The van der Waals surface area contributed by atoms with Crippen LogP contribution in [0.25, 0.3) is 0 Å². The van der Waals surface area contributed by atoms with E-state index in [0.29, 0.717) is 16.6 Å². The van der Waals surface area contributed by atoms with Gasteiger partial charge in [-0.1, -0.05) is 15.9 Å². The Morgan fingerprint density at radius 3 is 2.71 bits per heavy atom. The first-order valence-corrected chi connectivity index (χ1v) is 7.62. The van der Waals surface area contributed by atoms with E-state index >= 15 is 0 Å². The van der Waals surface area contributed by atoms with Crippen molar-refractivity contribution in [1.82, 2.24) is 15.5 Å².